The number of ether oxygens (including phenoxy) is 2. The monoisotopic (exact) mass is 566 g/mol. The summed E-state index contributed by atoms with van der Waals surface area (Å²) in [5.74, 6) is -1.05. The Morgan fingerprint density at radius 1 is 0.684 bits per heavy atom. The van der Waals surface area contributed by atoms with E-state index in [1.54, 1.807) is 0 Å². The summed E-state index contributed by atoms with van der Waals surface area (Å²) < 4.78 is 31.9. The number of hydrogen-bond acceptors (Lipinski definition) is 9. The van der Waals surface area contributed by atoms with Crippen molar-refractivity contribution >= 4 is 19.8 Å². The van der Waals surface area contributed by atoms with Gasteiger partial charge in [0.25, 0.3) is 0 Å². The van der Waals surface area contributed by atoms with Gasteiger partial charge >= 0.3 is 19.8 Å². The third-order valence-electron chi connectivity index (χ3n) is 5.71. The molecular weight excluding hydrogens is 515 g/mol. The number of unbranched alkanes of at least 4 members (excludes halogenated alkanes) is 10. The van der Waals surface area contributed by atoms with Gasteiger partial charge in [0.05, 0.1) is 26.4 Å². The largest absolute Gasteiger partial charge is 0.472 e. The molecule has 0 spiro atoms. The van der Waals surface area contributed by atoms with E-state index < -0.39 is 58.4 Å². The highest BCUT2D eigenvalue weighted by molar-refractivity contribution is 7.47. The predicted octanol–water partition coefficient (Wildman–Crippen LogP) is 5.38. The molecule has 0 saturated heterocycles. The predicted molar refractivity (Wildman–Crippen MR) is 145 cm³/mol. The van der Waals surface area contributed by atoms with Crippen molar-refractivity contribution in [2.24, 2.45) is 0 Å². The fourth-order valence-electron chi connectivity index (χ4n) is 3.47. The third-order valence-corrected chi connectivity index (χ3v) is 6.66. The number of hydrogen-bond donors (Lipinski definition) is 3. The quantitative estimate of drug-likeness (QED) is 0.0539. The summed E-state index contributed by atoms with van der Waals surface area (Å²) in [6, 6.07) is 0. The molecule has 0 rings (SSSR count). The number of esters is 2. The first-order chi connectivity index (χ1) is 18.3. The van der Waals surface area contributed by atoms with Gasteiger partial charge in [-0.05, 0) is 32.1 Å². The number of rotatable bonds is 26. The summed E-state index contributed by atoms with van der Waals surface area (Å²) in [6.45, 7) is 1.96. The lowest BCUT2D eigenvalue weighted by atomic mass is 10.1. The van der Waals surface area contributed by atoms with Gasteiger partial charge < -0.3 is 24.6 Å². The summed E-state index contributed by atoms with van der Waals surface area (Å²) in [5.41, 5.74) is 0. The lowest BCUT2D eigenvalue weighted by Gasteiger charge is -2.20. The van der Waals surface area contributed by atoms with Crippen molar-refractivity contribution < 1.29 is 47.8 Å². The Morgan fingerprint density at radius 3 is 1.61 bits per heavy atom. The van der Waals surface area contributed by atoms with Gasteiger partial charge in [0.1, 0.15) is 12.2 Å². The molecule has 0 bridgehead atoms. The van der Waals surface area contributed by atoms with Crippen molar-refractivity contribution in [3.05, 3.63) is 12.2 Å². The van der Waals surface area contributed by atoms with E-state index >= 15 is 0 Å². The second kappa shape index (κ2) is 24.7. The SMILES string of the molecule is CCC/C=C\CCCCCCCC(=O)OC(CO)COP(=O)(O)OCC(CO)OC(=O)CCCCCCC. The molecule has 0 aliphatic heterocycles. The van der Waals surface area contributed by atoms with Gasteiger partial charge in [0.15, 0.2) is 0 Å². The summed E-state index contributed by atoms with van der Waals surface area (Å²) in [4.78, 5) is 33.8. The molecule has 0 aromatic rings. The lowest BCUT2D eigenvalue weighted by molar-refractivity contribution is -0.153. The fourth-order valence-corrected chi connectivity index (χ4v) is 4.25. The molecular formula is C27H51O10P. The van der Waals surface area contributed by atoms with Crippen LogP contribution in [0.3, 0.4) is 0 Å². The molecule has 0 heterocycles. The van der Waals surface area contributed by atoms with Gasteiger partial charge in [-0.2, -0.15) is 0 Å². The van der Waals surface area contributed by atoms with Crippen LogP contribution in [0.2, 0.25) is 0 Å². The maximum absolute atomic E-state index is 12.1. The van der Waals surface area contributed by atoms with Crippen LogP contribution in [0.1, 0.15) is 110 Å². The van der Waals surface area contributed by atoms with Crippen molar-refractivity contribution in [3.8, 4) is 0 Å². The van der Waals surface area contributed by atoms with Gasteiger partial charge in [-0.1, -0.05) is 77.4 Å². The molecule has 11 heteroatoms. The summed E-state index contributed by atoms with van der Waals surface area (Å²) in [7, 11) is -4.60. The maximum Gasteiger partial charge on any atom is 0.472 e. The molecule has 0 aliphatic carbocycles. The number of phosphoric acid groups is 1. The van der Waals surface area contributed by atoms with Gasteiger partial charge in [0, 0.05) is 12.8 Å². The Kier molecular flexibility index (Phi) is 23.9. The van der Waals surface area contributed by atoms with E-state index in [1.807, 2.05) is 0 Å². The topological polar surface area (TPSA) is 149 Å². The smallest absolute Gasteiger partial charge is 0.457 e. The molecule has 0 saturated carbocycles. The van der Waals surface area contributed by atoms with E-state index in [0.29, 0.717) is 12.8 Å². The van der Waals surface area contributed by atoms with Gasteiger partial charge in [-0.25, -0.2) is 4.57 Å². The van der Waals surface area contributed by atoms with Crippen molar-refractivity contribution in [1.29, 1.82) is 0 Å². The molecule has 0 aromatic carbocycles. The molecule has 0 amide bonds. The van der Waals surface area contributed by atoms with Crippen LogP contribution in [0.5, 0.6) is 0 Å². The van der Waals surface area contributed by atoms with E-state index in [0.717, 1.165) is 70.6 Å². The van der Waals surface area contributed by atoms with Crippen LogP contribution >= 0.6 is 7.82 Å². The number of aliphatic hydroxyl groups excluding tert-OH is 2. The van der Waals surface area contributed by atoms with Crippen LogP contribution in [-0.4, -0.2) is 65.7 Å². The molecule has 0 radical (unpaired) electrons. The molecule has 0 aliphatic rings. The number of aliphatic hydroxyl groups is 2. The maximum atomic E-state index is 12.1. The zero-order valence-electron chi connectivity index (χ0n) is 23.4. The Hall–Kier alpha value is -1.29. The zero-order valence-corrected chi connectivity index (χ0v) is 24.3. The number of allylic oxidation sites excluding steroid dienone is 2. The third kappa shape index (κ3) is 22.7. The van der Waals surface area contributed by atoms with E-state index in [2.05, 4.69) is 26.0 Å². The first-order valence-corrected chi connectivity index (χ1v) is 15.6. The van der Waals surface area contributed by atoms with Gasteiger partial charge in [-0.15, -0.1) is 0 Å². The summed E-state index contributed by atoms with van der Waals surface area (Å²) in [6.07, 6.45) is 15.5. The highest BCUT2D eigenvalue weighted by Crippen LogP contribution is 2.43. The van der Waals surface area contributed by atoms with E-state index in [4.69, 9.17) is 18.5 Å². The number of phosphoric ester groups is 1. The molecule has 38 heavy (non-hydrogen) atoms. The number of carbonyl (C=O) groups is 2. The molecule has 3 atom stereocenters. The average molecular weight is 567 g/mol. The molecule has 10 nitrogen and oxygen atoms in total. The Labute approximate surface area is 228 Å². The Bertz CT molecular complexity index is 670. The fraction of sp³-hybridized carbons (Fsp3) is 0.852. The second-order valence-electron chi connectivity index (χ2n) is 9.38. The standard InChI is InChI=1S/C27H51O10P/c1-3-5-7-9-10-11-12-13-15-17-19-27(31)37-25(21-29)23-35-38(32,33)34-22-24(20-28)36-26(30)18-16-14-8-6-4-2/h7,9,24-25,28-29H,3-6,8,10-23H2,1-2H3,(H,32,33)/b9-7-. The van der Waals surface area contributed by atoms with Crippen LogP contribution in [0.4, 0.5) is 0 Å². The summed E-state index contributed by atoms with van der Waals surface area (Å²) in [5, 5.41) is 18.8. The van der Waals surface area contributed by atoms with E-state index in [1.165, 1.54) is 0 Å². The molecule has 0 fully saturated rings. The minimum absolute atomic E-state index is 0.183. The Balaban J connectivity index is 4.13. The van der Waals surface area contributed by atoms with Gasteiger partial charge in [-0.3, -0.25) is 18.6 Å². The zero-order chi connectivity index (χ0) is 28.5. The van der Waals surface area contributed by atoms with Crippen molar-refractivity contribution in [3.63, 3.8) is 0 Å². The minimum Gasteiger partial charge on any atom is -0.457 e. The first kappa shape index (κ1) is 36.7. The highest BCUT2D eigenvalue weighted by atomic mass is 31.2. The van der Waals surface area contributed by atoms with Crippen LogP contribution in [0.25, 0.3) is 0 Å². The van der Waals surface area contributed by atoms with Gasteiger partial charge in [0.2, 0.25) is 0 Å². The second-order valence-corrected chi connectivity index (χ2v) is 10.8. The Morgan fingerprint density at radius 2 is 1.13 bits per heavy atom. The highest BCUT2D eigenvalue weighted by Gasteiger charge is 2.27. The number of carbonyl (C=O) groups excluding carboxylic acids is 2. The lowest BCUT2D eigenvalue weighted by Crippen LogP contribution is -2.28. The van der Waals surface area contributed by atoms with Crippen LogP contribution in [-0.2, 0) is 32.7 Å². The minimum atomic E-state index is -4.60. The van der Waals surface area contributed by atoms with Crippen molar-refractivity contribution in [2.75, 3.05) is 26.4 Å². The molecule has 3 N–H and O–H groups in total. The average Bonchev–Trinajstić information content (AvgIpc) is 2.89. The molecule has 3 unspecified atom stereocenters. The van der Waals surface area contributed by atoms with Crippen LogP contribution in [0.15, 0.2) is 12.2 Å². The van der Waals surface area contributed by atoms with Crippen molar-refractivity contribution in [1.82, 2.24) is 0 Å². The van der Waals surface area contributed by atoms with E-state index in [-0.39, 0.29) is 12.8 Å². The first-order valence-electron chi connectivity index (χ1n) is 14.1. The molecule has 224 valence electrons. The van der Waals surface area contributed by atoms with Crippen LogP contribution < -0.4 is 0 Å². The van der Waals surface area contributed by atoms with E-state index in [9.17, 15) is 29.3 Å². The summed E-state index contributed by atoms with van der Waals surface area (Å²) >= 11 is 0. The van der Waals surface area contributed by atoms with Crippen LogP contribution in [0, 0.1) is 0 Å². The van der Waals surface area contributed by atoms with Crippen molar-refractivity contribution in [2.45, 2.75) is 122 Å². The molecule has 0 aromatic heterocycles. The normalized spacial score (nSPS) is 14.8.